The molecule has 206 valence electrons. The van der Waals surface area contributed by atoms with Crippen molar-refractivity contribution in [1.29, 1.82) is 0 Å². The lowest BCUT2D eigenvalue weighted by atomic mass is 10.1. The van der Waals surface area contributed by atoms with Crippen LogP contribution < -0.4 is 5.32 Å². The highest BCUT2D eigenvalue weighted by Crippen LogP contribution is 2.28. The summed E-state index contributed by atoms with van der Waals surface area (Å²) < 4.78 is 32.6. The minimum Gasteiger partial charge on any atom is -0.379 e. The first-order valence-electron chi connectivity index (χ1n) is 12.1. The van der Waals surface area contributed by atoms with Crippen LogP contribution in [0.5, 0.6) is 0 Å². The molecule has 1 unspecified atom stereocenters. The molecule has 0 aliphatic carbocycles. The van der Waals surface area contributed by atoms with Crippen molar-refractivity contribution in [1.82, 2.24) is 0 Å². The number of nitrogens with one attached hydrogen (secondary N) is 1. The van der Waals surface area contributed by atoms with E-state index in [4.69, 9.17) is 28.4 Å². The van der Waals surface area contributed by atoms with E-state index in [0.29, 0.717) is 85.1 Å². The van der Waals surface area contributed by atoms with Crippen molar-refractivity contribution in [2.45, 2.75) is 20.3 Å². The highest BCUT2D eigenvalue weighted by Gasteiger charge is 2.18. The van der Waals surface area contributed by atoms with Gasteiger partial charge in [-0.1, -0.05) is 20.3 Å². The SMILES string of the molecule is CCC(C)COCCOCCOCCOCCOCCOCCNc1ccc([N+](=O)[O-])cc1[N+](=O)[O-]. The second kappa shape index (κ2) is 20.7. The molecule has 0 aliphatic rings. The Morgan fingerprint density at radius 3 is 1.67 bits per heavy atom. The molecule has 0 spiro atoms. The van der Waals surface area contributed by atoms with E-state index in [9.17, 15) is 20.2 Å². The zero-order valence-electron chi connectivity index (χ0n) is 21.2. The van der Waals surface area contributed by atoms with Crippen molar-refractivity contribution in [2.24, 2.45) is 5.92 Å². The minimum absolute atomic E-state index is 0.196. The quantitative estimate of drug-likeness (QED) is 0.122. The molecule has 0 bridgehead atoms. The van der Waals surface area contributed by atoms with Crippen LogP contribution in [-0.4, -0.2) is 95.7 Å². The number of hydrogen-bond donors (Lipinski definition) is 1. The Labute approximate surface area is 211 Å². The third-order valence-electron chi connectivity index (χ3n) is 4.91. The molecule has 1 atom stereocenters. The summed E-state index contributed by atoms with van der Waals surface area (Å²) in [6.07, 6.45) is 1.11. The number of nitrogens with zero attached hydrogens (tertiary/aromatic N) is 2. The molecule has 0 heterocycles. The molecule has 13 heteroatoms. The first-order chi connectivity index (χ1) is 17.5. The number of anilines is 1. The average molecular weight is 518 g/mol. The molecule has 0 aromatic heterocycles. The number of nitro groups is 2. The third kappa shape index (κ3) is 15.5. The molecule has 0 saturated carbocycles. The van der Waals surface area contributed by atoms with Gasteiger partial charge in [0.25, 0.3) is 11.4 Å². The standard InChI is InChI=1S/C23H39N3O10/c1-3-20(2)19-36-17-16-35-15-14-34-13-12-33-11-10-32-9-8-31-7-6-24-22-5-4-21(25(27)28)18-23(22)26(29)30/h4-5,18,20,24H,3,6-17,19H2,1-2H3. The normalized spacial score (nSPS) is 11.9. The summed E-state index contributed by atoms with van der Waals surface area (Å²) in [4.78, 5) is 20.5. The van der Waals surface area contributed by atoms with Gasteiger partial charge in [-0.3, -0.25) is 20.2 Å². The van der Waals surface area contributed by atoms with Crippen LogP contribution in [0.1, 0.15) is 20.3 Å². The predicted molar refractivity (Wildman–Crippen MR) is 133 cm³/mol. The fourth-order valence-electron chi connectivity index (χ4n) is 2.69. The molecule has 0 amide bonds. The van der Waals surface area contributed by atoms with Crippen LogP contribution in [0.25, 0.3) is 0 Å². The smallest absolute Gasteiger partial charge is 0.299 e. The van der Waals surface area contributed by atoms with Gasteiger partial charge in [0.2, 0.25) is 0 Å². The lowest BCUT2D eigenvalue weighted by Gasteiger charge is -2.10. The van der Waals surface area contributed by atoms with E-state index in [1.165, 1.54) is 12.1 Å². The summed E-state index contributed by atoms with van der Waals surface area (Å²) in [5.41, 5.74) is -0.498. The molecule has 13 nitrogen and oxygen atoms in total. The van der Waals surface area contributed by atoms with E-state index >= 15 is 0 Å². The second-order valence-electron chi connectivity index (χ2n) is 7.79. The molecule has 36 heavy (non-hydrogen) atoms. The zero-order chi connectivity index (χ0) is 26.4. The number of benzene rings is 1. The largest absolute Gasteiger partial charge is 0.379 e. The van der Waals surface area contributed by atoms with Gasteiger partial charge >= 0.3 is 0 Å². The van der Waals surface area contributed by atoms with Gasteiger partial charge in [-0.05, 0) is 12.0 Å². The molecule has 1 aromatic carbocycles. The monoisotopic (exact) mass is 517 g/mol. The summed E-state index contributed by atoms with van der Waals surface area (Å²) in [5.74, 6) is 0.576. The first kappa shape index (κ1) is 31.6. The molecular formula is C23H39N3O10. The van der Waals surface area contributed by atoms with Crippen molar-refractivity contribution in [3.05, 3.63) is 38.4 Å². The molecule has 0 fully saturated rings. The second-order valence-corrected chi connectivity index (χ2v) is 7.79. The van der Waals surface area contributed by atoms with Crippen molar-refractivity contribution in [2.75, 3.05) is 91.1 Å². The van der Waals surface area contributed by atoms with Crippen molar-refractivity contribution >= 4 is 17.1 Å². The summed E-state index contributed by atoms with van der Waals surface area (Å²) in [6.45, 7) is 10.4. The summed E-state index contributed by atoms with van der Waals surface area (Å²) in [5, 5.41) is 24.7. The number of nitro benzene ring substituents is 2. The maximum atomic E-state index is 11.1. The first-order valence-corrected chi connectivity index (χ1v) is 12.1. The van der Waals surface area contributed by atoms with Crippen LogP contribution in [0.15, 0.2) is 18.2 Å². The van der Waals surface area contributed by atoms with Crippen LogP contribution in [0.2, 0.25) is 0 Å². The van der Waals surface area contributed by atoms with Crippen LogP contribution in [0, 0.1) is 26.1 Å². The van der Waals surface area contributed by atoms with E-state index in [-0.39, 0.29) is 17.1 Å². The van der Waals surface area contributed by atoms with Crippen LogP contribution in [0.3, 0.4) is 0 Å². The van der Waals surface area contributed by atoms with E-state index in [1.807, 2.05) is 0 Å². The maximum Gasteiger partial charge on any atom is 0.299 e. The molecule has 1 rings (SSSR count). The van der Waals surface area contributed by atoms with Crippen molar-refractivity contribution < 1.29 is 38.3 Å². The van der Waals surface area contributed by atoms with Gasteiger partial charge in [0.1, 0.15) is 5.69 Å². The number of non-ortho nitro benzene ring substituents is 1. The van der Waals surface area contributed by atoms with E-state index in [1.54, 1.807) is 0 Å². The van der Waals surface area contributed by atoms with Gasteiger partial charge < -0.3 is 33.7 Å². The molecular weight excluding hydrogens is 478 g/mol. The summed E-state index contributed by atoms with van der Waals surface area (Å²) >= 11 is 0. The zero-order valence-corrected chi connectivity index (χ0v) is 21.2. The Kier molecular flexibility index (Phi) is 18.2. The van der Waals surface area contributed by atoms with E-state index in [0.717, 1.165) is 19.1 Å². The molecule has 1 N–H and O–H groups in total. The number of ether oxygens (including phenoxy) is 6. The van der Waals surface area contributed by atoms with Gasteiger partial charge in [0.05, 0.1) is 88.6 Å². The van der Waals surface area contributed by atoms with Crippen molar-refractivity contribution in [3.8, 4) is 0 Å². The van der Waals surface area contributed by atoms with Gasteiger partial charge in [0, 0.05) is 19.2 Å². The topological polar surface area (TPSA) is 154 Å². The Morgan fingerprint density at radius 2 is 1.22 bits per heavy atom. The van der Waals surface area contributed by atoms with Crippen LogP contribution >= 0.6 is 0 Å². The fraction of sp³-hybridized carbons (Fsp3) is 0.739. The molecule has 0 aliphatic heterocycles. The average Bonchev–Trinajstić information content (AvgIpc) is 2.87. The molecule has 1 aromatic rings. The third-order valence-corrected chi connectivity index (χ3v) is 4.91. The van der Waals surface area contributed by atoms with Gasteiger partial charge in [0.15, 0.2) is 0 Å². The lowest BCUT2D eigenvalue weighted by molar-refractivity contribution is -0.393. The predicted octanol–water partition coefficient (Wildman–Crippen LogP) is 3.06. The highest BCUT2D eigenvalue weighted by molar-refractivity contribution is 5.65. The van der Waals surface area contributed by atoms with Gasteiger partial charge in [-0.15, -0.1) is 0 Å². The highest BCUT2D eigenvalue weighted by atomic mass is 16.6. The van der Waals surface area contributed by atoms with Gasteiger partial charge in [-0.25, -0.2) is 0 Å². The van der Waals surface area contributed by atoms with E-state index in [2.05, 4.69) is 19.2 Å². The number of rotatable bonds is 24. The Balaban J connectivity index is 1.87. The fourth-order valence-corrected chi connectivity index (χ4v) is 2.69. The Hall–Kier alpha value is -2.42. The van der Waals surface area contributed by atoms with Crippen LogP contribution in [0.4, 0.5) is 17.1 Å². The van der Waals surface area contributed by atoms with Gasteiger partial charge in [-0.2, -0.15) is 0 Å². The molecule has 0 radical (unpaired) electrons. The molecule has 0 saturated heterocycles. The summed E-state index contributed by atoms with van der Waals surface area (Å²) in [6, 6.07) is 3.44. The lowest BCUT2D eigenvalue weighted by Crippen LogP contribution is -2.15. The van der Waals surface area contributed by atoms with E-state index < -0.39 is 9.85 Å². The van der Waals surface area contributed by atoms with Crippen molar-refractivity contribution in [3.63, 3.8) is 0 Å². The maximum absolute atomic E-state index is 11.1. The number of hydrogen-bond acceptors (Lipinski definition) is 11. The Morgan fingerprint density at radius 1 is 0.750 bits per heavy atom. The Bertz CT molecular complexity index is 738. The van der Waals surface area contributed by atoms with Crippen LogP contribution in [-0.2, 0) is 28.4 Å². The summed E-state index contributed by atoms with van der Waals surface area (Å²) in [7, 11) is 0. The minimum atomic E-state index is -0.677.